The van der Waals surface area contributed by atoms with Crippen molar-refractivity contribution < 1.29 is 14.6 Å². The van der Waals surface area contributed by atoms with Crippen LogP contribution in [0.25, 0.3) is 0 Å². The molecule has 0 spiro atoms. The molecule has 1 N–H and O–H groups in total. The van der Waals surface area contributed by atoms with Gasteiger partial charge < -0.3 is 14.7 Å². The summed E-state index contributed by atoms with van der Waals surface area (Å²) in [6.07, 6.45) is 0.664. The highest BCUT2D eigenvalue weighted by Gasteiger charge is 2.52. The normalized spacial score (nSPS) is 40.2. The minimum atomic E-state index is -0.648. The Hall–Kier alpha value is -0.610. The highest BCUT2D eigenvalue weighted by Crippen LogP contribution is 2.41. The second-order valence-electron chi connectivity index (χ2n) is 4.18. The van der Waals surface area contributed by atoms with Gasteiger partial charge in [-0.2, -0.15) is 0 Å². The van der Waals surface area contributed by atoms with Gasteiger partial charge in [-0.15, -0.1) is 0 Å². The summed E-state index contributed by atoms with van der Waals surface area (Å²) in [6, 6.07) is 0. The summed E-state index contributed by atoms with van der Waals surface area (Å²) >= 11 is 0. The largest absolute Gasteiger partial charge is 0.481 e. The minimum absolute atomic E-state index is 0.184. The fourth-order valence-corrected chi connectivity index (χ4v) is 2.55. The summed E-state index contributed by atoms with van der Waals surface area (Å²) in [4.78, 5) is 13.3. The topological polar surface area (TPSA) is 49.8 Å². The molecule has 0 saturated carbocycles. The quantitative estimate of drug-likeness (QED) is 0.626. The molecule has 0 radical (unpaired) electrons. The van der Waals surface area contributed by atoms with Crippen LogP contribution < -0.4 is 0 Å². The molecule has 0 bridgehead atoms. The maximum atomic E-state index is 11.2. The molecule has 0 aromatic rings. The summed E-state index contributed by atoms with van der Waals surface area (Å²) < 4.78 is 5.32. The number of carboxylic acids is 1. The number of hydrogen-bond donors (Lipinski definition) is 1. The molecule has 2 aliphatic rings. The van der Waals surface area contributed by atoms with Gasteiger partial charge in [-0.05, 0) is 13.5 Å². The summed E-state index contributed by atoms with van der Waals surface area (Å²) in [6.45, 7) is 2.73. The zero-order chi connectivity index (χ0) is 9.47. The third kappa shape index (κ3) is 1.25. The predicted molar refractivity (Wildman–Crippen MR) is 46.5 cm³/mol. The lowest BCUT2D eigenvalue weighted by molar-refractivity contribution is -0.157. The van der Waals surface area contributed by atoms with E-state index in [-0.39, 0.29) is 5.92 Å². The monoisotopic (exact) mass is 185 g/mol. The number of carbonyl (C=O) groups is 1. The molecule has 0 aliphatic carbocycles. The van der Waals surface area contributed by atoms with Crippen LogP contribution in [0.4, 0.5) is 0 Å². The Morgan fingerprint density at radius 3 is 3.08 bits per heavy atom. The van der Waals surface area contributed by atoms with Crippen molar-refractivity contribution in [1.82, 2.24) is 4.90 Å². The minimum Gasteiger partial charge on any atom is -0.481 e. The van der Waals surface area contributed by atoms with Crippen LogP contribution in [0.2, 0.25) is 0 Å². The predicted octanol–water partition coefficient (Wildman–Crippen LogP) is 0.0393. The standard InChI is InChI=1S/C9H15NO3/c1-10-4-7-5-13-3-2-9(7,6-10)8(11)12/h7H,2-6H2,1H3,(H,11,12). The summed E-state index contributed by atoms with van der Waals surface area (Å²) in [5.74, 6) is -0.464. The van der Waals surface area contributed by atoms with Crippen molar-refractivity contribution in [2.45, 2.75) is 6.42 Å². The van der Waals surface area contributed by atoms with Crippen LogP contribution in [0.3, 0.4) is 0 Å². The molecule has 2 unspecified atom stereocenters. The van der Waals surface area contributed by atoms with Crippen molar-refractivity contribution in [2.75, 3.05) is 33.4 Å². The fraction of sp³-hybridized carbons (Fsp3) is 0.889. The Morgan fingerprint density at radius 1 is 1.69 bits per heavy atom. The molecule has 4 heteroatoms. The number of fused-ring (bicyclic) bond motifs is 1. The third-order valence-corrected chi connectivity index (χ3v) is 3.30. The first-order valence-electron chi connectivity index (χ1n) is 4.65. The van der Waals surface area contributed by atoms with Crippen molar-refractivity contribution in [3.63, 3.8) is 0 Å². The van der Waals surface area contributed by atoms with E-state index >= 15 is 0 Å². The van der Waals surface area contributed by atoms with Gasteiger partial charge in [-0.3, -0.25) is 4.79 Å². The maximum Gasteiger partial charge on any atom is 0.311 e. The van der Waals surface area contributed by atoms with Crippen LogP contribution in [0.15, 0.2) is 0 Å². The van der Waals surface area contributed by atoms with E-state index in [9.17, 15) is 9.90 Å². The highest BCUT2D eigenvalue weighted by atomic mass is 16.5. The molecule has 0 amide bonds. The molecule has 2 fully saturated rings. The van der Waals surface area contributed by atoms with Gasteiger partial charge in [0.25, 0.3) is 0 Å². The Balaban J connectivity index is 2.24. The molecule has 2 saturated heterocycles. The second kappa shape index (κ2) is 2.96. The second-order valence-corrected chi connectivity index (χ2v) is 4.18. The van der Waals surface area contributed by atoms with Crippen molar-refractivity contribution in [3.05, 3.63) is 0 Å². The molecule has 74 valence electrons. The van der Waals surface area contributed by atoms with E-state index in [0.717, 1.165) is 6.54 Å². The molecule has 2 aliphatic heterocycles. The molecule has 2 heterocycles. The van der Waals surface area contributed by atoms with Crippen LogP contribution in [-0.2, 0) is 9.53 Å². The van der Waals surface area contributed by atoms with Gasteiger partial charge in [0.15, 0.2) is 0 Å². The first-order valence-corrected chi connectivity index (χ1v) is 4.65. The van der Waals surface area contributed by atoms with Crippen LogP contribution in [0, 0.1) is 11.3 Å². The smallest absolute Gasteiger partial charge is 0.311 e. The van der Waals surface area contributed by atoms with Crippen LogP contribution in [0.5, 0.6) is 0 Å². The van der Waals surface area contributed by atoms with E-state index in [0.29, 0.717) is 26.2 Å². The summed E-state index contributed by atoms with van der Waals surface area (Å²) in [5.41, 5.74) is -0.521. The zero-order valence-corrected chi connectivity index (χ0v) is 7.82. The van der Waals surface area contributed by atoms with Crippen molar-refractivity contribution >= 4 is 5.97 Å². The fourth-order valence-electron chi connectivity index (χ4n) is 2.55. The Morgan fingerprint density at radius 2 is 2.46 bits per heavy atom. The first-order chi connectivity index (χ1) is 6.15. The van der Waals surface area contributed by atoms with Gasteiger partial charge in [0.05, 0.1) is 12.0 Å². The van der Waals surface area contributed by atoms with Crippen molar-refractivity contribution in [1.29, 1.82) is 0 Å². The van der Waals surface area contributed by atoms with E-state index in [1.165, 1.54) is 0 Å². The van der Waals surface area contributed by atoms with Gasteiger partial charge in [-0.25, -0.2) is 0 Å². The van der Waals surface area contributed by atoms with E-state index in [2.05, 4.69) is 4.90 Å². The number of ether oxygens (including phenoxy) is 1. The number of nitrogens with zero attached hydrogens (tertiary/aromatic N) is 1. The summed E-state index contributed by atoms with van der Waals surface area (Å²) in [7, 11) is 1.98. The zero-order valence-electron chi connectivity index (χ0n) is 7.82. The van der Waals surface area contributed by atoms with Gasteiger partial charge in [0.1, 0.15) is 0 Å². The van der Waals surface area contributed by atoms with E-state index in [4.69, 9.17) is 4.74 Å². The molecule has 13 heavy (non-hydrogen) atoms. The van der Waals surface area contributed by atoms with E-state index < -0.39 is 11.4 Å². The number of carboxylic acid groups (broad SMARTS) is 1. The molecule has 2 rings (SSSR count). The molecule has 4 nitrogen and oxygen atoms in total. The Kier molecular flexibility index (Phi) is 2.04. The van der Waals surface area contributed by atoms with Crippen LogP contribution >= 0.6 is 0 Å². The van der Waals surface area contributed by atoms with E-state index in [1.807, 2.05) is 7.05 Å². The lowest BCUT2D eigenvalue weighted by atomic mass is 9.74. The molecular formula is C9H15NO3. The average molecular weight is 185 g/mol. The average Bonchev–Trinajstić information content (AvgIpc) is 2.41. The lowest BCUT2D eigenvalue weighted by Crippen LogP contribution is -2.44. The van der Waals surface area contributed by atoms with Gasteiger partial charge in [0, 0.05) is 25.6 Å². The Bertz CT molecular complexity index is 231. The SMILES string of the molecule is CN1CC2COCCC2(C(=O)O)C1. The van der Waals surface area contributed by atoms with Crippen LogP contribution in [0.1, 0.15) is 6.42 Å². The first kappa shape index (κ1) is 8.97. The Labute approximate surface area is 77.5 Å². The molecular weight excluding hydrogens is 170 g/mol. The van der Waals surface area contributed by atoms with Crippen molar-refractivity contribution in [3.8, 4) is 0 Å². The van der Waals surface area contributed by atoms with Gasteiger partial charge in [0.2, 0.25) is 0 Å². The summed E-state index contributed by atoms with van der Waals surface area (Å²) in [5, 5.41) is 9.23. The van der Waals surface area contributed by atoms with Crippen molar-refractivity contribution in [2.24, 2.45) is 11.3 Å². The van der Waals surface area contributed by atoms with E-state index in [1.54, 1.807) is 0 Å². The number of likely N-dealkylation sites (tertiary alicyclic amines) is 1. The number of rotatable bonds is 1. The van der Waals surface area contributed by atoms with Gasteiger partial charge >= 0.3 is 5.97 Å². The number of aliphatic carboxylic acids is 1. The lowest BCUT2D eigenvalue weighted by Gasteiger charge is -2.34. The molecule has 0 aromatic heterocycles. The maximum absolute atomic E-state index is 11.2. The molecule has 0 aromatic carbocycles. The van der Waals surface area contributed by atoms with Crippen LogP contribution in [-0.4, -0.2) is 49.3 Å². The highest BCUT2D eigenvalue weighted by molar-refractivity contribution is 5.76. The molecule has 2 atom stereocenters. The van der Waals surface area contributed by atoms with Gasteiger partial charge in [-0.1, -0.05) is 0 Å². The number of hydrogen-bond acceptors (Lipinski definition) is 3. The third-order valence-electron chi connectivity index (χ3n) is 3.30.